The Balaban J connectivity index is 2.84. The number of aliphatic carboxylic acids is 2. The van der Waals surface area contributed by atoms with Crippen molar-refractivity contribution in [3.63, 3.8) is 0 Å². The number of hydrogen-bond donors (Lipinski definition) is 7. The molecular weight excluding hydrogens is 500 g/mol. The molecule has 2 rings (SSSR count). The molecule has 2 aromatic rings. The van der Waals surface area contributed by atoms with Crippen molar-refractivity contribution in [2.45, 2.75) is 21.9 Å². The number of phenolic OH excluding ortho intramolecular Hbond substituents is 2. The molecule has 0 radical (unpaired) electrons. The van der Waals surface area contributed by atoms with Crippen molar-refractivity contribution in [1.29, 1.82) is 0 Å². The van der Waals surface area contributed by atoms with Crippen molar-refractivity contribution in [1.82, 2.24) is 4.90 Å². The molecule has 0 aliphatic heterocycles. The molecule has 2 unspecified atom stereocenters. The summed E-state index contributed by atoms with van der Waals surface area (Å²) in [6.45, 7) is -0.899. The molecule has 0 bridgehead atoms. The van der Waals surface area contributed by atoms with Gasteiger partial charge in [-0.1, -0.05) is 0 Å². The first-order valence-electron chi connectivity index (χ1n) is 9.11. The minimum absolute atomic E-state index is 0.370. The molecule has 0 aliphatic rings. The van der Waals surface area contributed by atoms with E-state index >= 15 is 0 Å². The molecule has 0 aliphatic carbocycles. The Morgan fingerprint density at radius 2 is 1.15 bits per heavy atom. The van der Waals surface area contributed by atoms with Gasteiger partial charge in [-0.05, 0) is 36.4 Å². The number of nitrogens with two attached hydrogens (primary N) is 1. The summed E-state index contributed by atoms with van der Waals surface area (Å²) >= 11 is 0. The molecule has 0 amide bonds. The number of nitrogens with zero attached hydrogens (tertiary/aromatic N) is 1. The molecule has 0 spiro atoms. The van der Waals surface area contributed by atoms with E-state index in [4.69, 9.17) is 5.73 Å². The van der Waals surface area contributed by atoms with Gasteiger partial charge < -0.3 is 26.2 Å². The third-order valence-electron chi connectivity index (χ3n) is 4.70. The monoisotopic (exact) mass is 520 g/mol. The smallest absolute Gasteiger partial charge is 0.325 e. The number of rotatable bonds is 10. The van der Waals surface area contributed by atoms with Crippen molar-refractivity contribution in [2.24, 2.45) is 5.73 Å². The average Bonchev–Trinajstić information content (AvgIpc) is 2.69. The van der Waals surface area contributed by atoms with Crippen molar-refractivity contribution < 1.29 is 56.0 Å². The molecule has 2 atom stereocenters. The first kappa shape index (κ1) is 27.0. The van der Waals surface area contributed by atoms with E-state index in [1.807, 2.05) is 0 Å². The Kier molecular flexibility index (Phi) is 7.87. The molecule has 0 saturated carbocycles. The summed E-state index contributed by atoms with van der Waals surface area (Å²) in [6.07, 6.45) is 0. The fourth-order valence-electron chi connectivity index (χ4n) is 3.29. The van der Waals surface area contributed by atoms with Crippen molar-refractivity contribution in [2.75, 3.05) is 13.1 Å². The van der Waals surface area contributed by atoms with Crippen LogP contribution in [-0.4, -0.2) is 76.3 Å². The topological polar surface area (TPSA) is 253 Å². The molecule has 8 N–H and O–H groups in total. The molecular formula is C18H20N2O12S2. The van der Waals surface area contributed by atoms with E-state index in [0.717, 1.165) is 24.3 Å². The summed E-state index contributed by atoms with van der Waals surface area (Å²) < 4.78 is 64.6. The lowest BCUT2D eigenvalue weighted by Gasteiger charge is -2.34. The van der Waals surface area contributed by atoms with Crippen LogP contribution in [0.2, 0.25) is 0 Å². The zero-order valence-electron chi connectivity index (χ0n) is 17.0. The van der Waals surface area contributed by atoms with Crippen LogP contribution in [0.25, 0.3) is 0 Å². The van der Waals surface area contributed by atoms with Gasteiger partial charge in [-0.15, -0.1) is 0 Å². The summed E-state index contributed by atoms with van der Waals surface area (Å²) in [5.74, 6) is -5.12. The van der Waals surface area contributed by atoms with Gasteiger partial charge in [0.1, 0.15) is 23.6 Å². The van der Waals surface area contributed by atoms with Crippen LogP contribution < -0.4 is 5.73 Å². The average molecular weight is 520 g/mol. The molecule has 14 nitrogen and oxygen atoms in total. The highest BCUT2D eigenvalue weighted by Crippen LogP contribution is 2.39. The normalized spacial score (nSPS) is 14.0. The van der Waals surface area contributed by atoms with Crippen molar-refractivity contribution in [3.8, 4) is 11.5 Å². The first-order valence-corrected chi connectivity index (χ1v) is 12.0. The Morgan fingerprint density at radius 3 is 1.41 bits per heavy atom. The molecule has 34 heavy (non-hydrogen) atoms. The standard InChI is InChI=1S/C18H20N2O12S2/c19-5-6-20(15(17(23)24)11-7-9(33(27,28)29)1-3-13(11)21)16(18(25)26)12-8-10(34(30,31)32)2-4-14(12)22/h1-4,7-8,15-16,21-22H,5-6,19H2,(H,23,24)(H,25,26)(H,27,28,29)(H,30,31,32). The van der Waals surface area contributed by atoms with Crippen LogP contribution in [0.15, 0.2) is 46.2 Å². The van der Waals surface area contributed by atoms with Crippen LogP contribution in [0.5, 0.6) is 11.5 Å². The summed E-state index contributed by atoms with van der Waals surface area (Å²) in [5, 5.41) is 40.2. The zero-order valence-corrected chi connectivity index (χ0v) is 18.6. The lowest BCUT2D eigenvalue weighted by Crippen LogP contribution is -2.43. The van der Waals surface area contributed by atoms with Crippen LogP contribution in [0.4, 0.5) is 0 Å². The second-order valence-electron chi connectivity index (χ2n) is 6.90. The lowest BCUT2D eigenvalue weighted by atomic mass is 9.97. The molecule has 2 aromatic carbocycles. The van der Waals surface area contributed by atoms with Gasteiger partial charge in [-0.2, -0.15) is 16.8 Å². The van der Waals surface area contributed by atoms with E-state index in [0.29, 0.717) is 17.0 Å². The maximum Gasteiger partial charge on any atom is 0.325 e. The van der Waals surface area contributed by atoms with E-state index in [9.17, 15) is 56.0 Å². The van der Waals surface area contributed by atoms with Gasteiger partial charge in [0.15, 0.2) is 0 Å². The minimum Gasteiger partial charge on any atom is -0.508 e. The Bertz CT molecular complexity index is 1220. The molecule has 186 valence electrons. The largest absolute Gasteiger partial charge is 0.508 e. The lowest BCUT2D eigenvalue weighted by molar-refractivity contribution is -0.151. The highest BCUT2D eigenvalue weighted by atomic mass is 32.2. The highest BCUT2D eigenvalue weighted by molar-refractivity contribution is 7.86. The van der Waals surface area contributed by atoms with Gasteiger partial charge in [0.2, 0.25) is 0 Å². The minimum atomic E-state index is -4.85. The van der Waals surface area contributed by atoms with Crippen LogP contribution in [-0.2, 0) is 29.8 Å². The first-order chi connectivity index (χ1) is 15.6. The summed E-state index contributed by atoms with van der Waals surface area (Å²) in [4.78, 5) is 23.4. The molecule has 16 heteroatoms. The molecule has 0 fully saturated rings. The van der Waals surface area contributed by atoms with Gasteiger partial charge in [0.05, 0.1) is 9.79 Å². The van der Waals surface area contributed by atoms with Crippen molar-refractivity contribution in [3.05, 3.63) is 47.5 Å². The van der Waals surface area contributed by atoms with Crippen LogP contribution in [0, 0.1) is 0 Å². The molecule has 0 saturated heterocycles. The fourth-order valence-corrected chi connectivity index (χ4v) is 4.32. The van der Waals surface area contributed by atoms with Crippen LogP contribution in [0.1, 0.15) is 23.2 Å². The Morgan fingerprint density at radius 1 is 0.794 bits per heavy atom. The number of carboxylic acids is 2. The third kappa shape index (κ3) is 5.79. The summed E-state index contributed by atoms with van der Waals surface area (Å²) in [7, 11) is -9.71. The van der Waals surface area contributed by atoms with Gasteiger partial charge in [-0.25, -0.2) is 0 Å². The number of carbonyl (C=O) groups is 2. The quantitative estimate of drug-likeness (QED) is 0.200. The van der Waals surface area contributed by atoms with Crippen LogP contribution in [0.3, 0.4) is 0 Å². The number of hydrogen-bond acceptors (Lipinski definition) is 10. The number of benzene rings is 2. The Hall–Kier alpha value is -3.28. The predicted octanol–water partition coefficient (Wildman–Crippen LogP) is -0.196. The Labute approximate surface area is 193 Å². The zero-order chi connectivity index (χ0) is 26.0. The maximum atomic E-state index is 12.2. The van der Waals surface area contributed by atoms with E-state index in [-0.39, 0.29) is 6.54 Å². The van der Waals surface area contributed by atoms with Gasteiger partial charge in [0, 0.05) is 24.2 Å². The number of phenols is 2. The molecule has 0 heterocycles. The fraction of sp³-hybridized carbons (Fsp3) is 0.222. The second-order valence-corrected chi connectivity index (χ2v) is 9.74. The van der Waals surface area contributed by atoms with Crippen LogP contribution >= 0.6 is 0 Å². The van der Waals surface area contributed by atoms with Gasteiger partial charge in [0.25, 0.3) is 20.2 Å². The number of carboxylic acid groups (broad SMARTS) is 2. The summed E-state index contributed by atoms with van der Waals surface area (Å²) in [6, 6.07) is 0.0796. The predicted molar refractivity (Wildman–Crippen MR) is 112 cm³/mol. The SMILES string of the molecule is NCCN(C(C(=O)O)c1cc(S(=O)(=O)O)ccc1O)C(C(=O)O)c1cc(S(=O)(=O)O)ccc1O. The highest BCUT2D eigenvalue weighted by Gasteiger charge is 2.40. The van der Waals surface area contributed by atoms with E-state index in [2.05, 4.69) is 0 Å². The third-order valence-corrected chi connectivity index (χ3v) is 6.40. The van der Waals surface area contributed by atoms with Gasteiger partial charge >= 0.3 is 11.9 Å². The van der Waals surface area contributed by atoms with Crippen molar-refractivity contribution >= 4 is 32.2 Å². The van der Waals surface area contributed by atoms with E-state index in [1.165, 1.54) is 0 Å². The molecule has 0 aromatic heterocycles. The van der Waals surface area contributed by atoms with Gasteiger partial charge in [-0.3, -0.25) is 23.6 Å². The summed E-state index contributed by atoms with van der Waals surface area (Å²) in [5.41, 5.74) is 4.22. The maximum absolute atomic E-state index is 12.2. The number of aromatic hydroxyl groups is 2. The van der Waals surface area contributed by atoms with E-state index < -0.39 is 83.2 Å². The van der Waals surface area contributed by atoms with E-state index in [1.54, 1.807) is 0 Å². The second kappa shape index (κ2) is 9.92.